The first kappa shape index (κ1) is 23.8. The Morgan fingerprint density at radius 3 is 3.03 bits per heavy atom. The number of phosphoric acid groups is 1. The molecule has 0 aliphatic carbocycles. The topological polar surface area (TPSA) is 175 Å². The molecule has 4 N–H and O–H groups in total. The fourth-order valence-electron chi connectivity index (χ4n) is 4.34. The van der Waals surface area contributed by atoms with E-state index in [2.05, 4.69) is 16.0 Å². The standard InChI is InChI=1S/C22H24N5O7P/c1-22(29)18(28)17(33-21(22)27-7-5-15-19(24)25-12-26-20(15)27)11-32-35(30)31-8-6-16(34-35)14-4-2-3-13(9-14)10-23/h2-5,7,9,12,16-18,21,28-29H,6,8,11H2,1H3,(H2,24,25,26)/t16-,17+,18+,21+,22+,35+/m0/s1. The number of aliphatic hydroxyl groups is 2. The number of aliphatic hydroxyl groups excluding tert-OH is 1. The molecular formula is C22H24N5O7P. The molecule has 2 aliphatic heterocycles. The van der Waals surface area contributed by atoms with Crippen molar-refractivity contribution in [3.05, 3.63) is 54.0 Å². The Hall–Kier alpha value is -2.88. The van der Waals surface area contributed by atoms with Gasteiger partial charge in [-0.1, -0.05) is 12.1 Å². The van der Waals surface area contributed by atoms with Crippen molar-refractivity contribution >= 4 is 24.7 Å². The van der Waals surface area contributed by atoms with E-state index in [0.717, 1.165) is 0 Å². The highest BCUT2D eigenvalue weighted by Crippen LogP contribution is 2.57. The van der Waals surface area contributed by atoms with Crippen LogP contribution in [0.25, 0.3) is 11.0 Å². The minimum Gasteiger partial charge on any atom is -0.387 e. The lowest BCUT2D eigenvalue weighted by Crippen LogP contribution is -2.44. The number of nitrogens with zero attached hydrogens (tertiary/aromatic N) is 4. The lowest BCUT2D eigenvalue weighted by molar-refractivity contribution is -0.0950. The Bertz CT molecular complexity index is 1340. The van der Waals surface area contributed by atoms with E-state index in [4.69, 9.17) is 29.3 Å². The van der Waals surface area contributed by atoms with Crippen LogP contribution < -0.4 is 5.73 Å². The van der Waals surface area contributed by atoms with Crippen LogP contribution in [-0.2, 0) is 22.9 Å². The molecule has 13 heteroatoms. The van der Waals surface area contributed by atoms with Gasteiger partial charge < -0.3 is 25.3 Å². The summed E-state index contributed by atoms with van der Waals surface area (Å²) in [5.41, 5.74) is 5.71. The molecule has 2 aromatic heterocycles. The number of anilines is 1. The smallest absolute Gasteiger partial charge is 0.387 e. The van der Waals surface area contributed by atoms with Crippen LogP contribution in [0.3, 0.4) is 0 Å². The summed E-state index contributed by atoms with van der Waals surface area (Å²) in [4.78, 5) is 8.15. The molecule has 5 rings (SSSR count). The van der Waals surface area contributed by atoms with E-state index < -0.39 is 38.0 Å². The SMILES string of the molecule is C[C@@]1(O)[C@H](O)[C@@H](CO[P@@]2(=O)OCC[C@@H](c3cccc(C#N)c3)O2)O[C@H]1n1ccc2c(N)ncnc21. The zero-order valence-electron chi connectivity index (χ0n) is 18.7. The summed E-state index contributed by atoms with van der Waals surface area (Å²) < 4.78 is 37.1. The van der Waals surface area contributed by atoms with Crippen LogP contribution in [0, 0.1) is 11.3 Å². The van der Waals surface area contributed by atoms with E-state index in [9.17, 15) is 14.8 Å². The highest BCUT2D eigenvalue weighted by molar-refractivity contribution is 7.48. The fourth-order valence-corrected chi connectivity index (χ4v) is 5.73. The lowest BCUT2D eigenvalue weighted by Gasteiger charge is -2.30. The molecule has 0 radical (unpaired) electrons. The van der Waals surface area contributed by atoms with Gasteiger partial charge in [-0.05, 0) is 30.7 Å². The number of aromatic nitrogens is 3. The predicted molar refractivity (Wildman–Crippen MR) is 122 cm³/mol. The molecule has 0 saturated carbocycles. The summed E-state index contributed by atoms with van der Waals surface area (Å²) in [6.07, 6.45) is -0.720. The largest absolute Gasteiger partial charge is 0.475 e. The van der Waals surface area contributed by atoms with Gasteiger partial charge in [-0.25, -0.2) is 14.5 Å². The van der Waals surface area contributed by atoms with Crippen LogP contribution in [0.2, 0.25) is 0 Å². The molecule has 0 bridgehead atoms. The van der Waals surface area contributed by atoms with Gasteiger partial charge >= 0.3 is 7.82 Å². The van der Waals surface area contributed by atoms with Crippen LogP contribution in [-0.4, -0.2) is 55.8 Å². The number of nitrogens with two attached hydrogens (primary N) is 1. The number of phosphoric ester groups is 1. The van der Waals surface area contributed by atoms with E-state index >= 15 is 0 Å². The van der Waals surface area contributed by atoms with Crippen molar-refractivity contribution in [1.29, 1.82) is 5.26 Å². The number of hydrogen-bond donors (Lipinski definition) is 3. The first-order chi connectivity index (χ1) is 16.7. The monoisotopic (exact) mass is 501 g/mol. The Balaban J connectivity index is 1.31. The van der Waals surface area contributed by atoms with Gasteiger partial charge in [0.15, 0.2) is 6.23 Å². The molecule has 2 aliphatic rings. The zero-order valence-corrected chi connectivity index (χ0v) is 19.6. The van der Waals surface area contributed by atoms with E-state index in [1.165, 1.54) is 13.3 Å². The highest BCUT2D eigenvalue weighted by atomic mass is 31.2. The molecule has 35 heavy (non-hydrogen) atoms. The van der Waals surface area contributed by atoms with Crippen molar-refractivity contribution in [2.75, 3.05) is 18.9 Å². The number of fused-ring (bicyclic) bond motifs is 1. The quantitative estimate of drug-likeness (QED) is 0.437. The molecule has 184 valence electrons. The molecule has 2 saturated heterocycles. The summed E-state index contributed by atoms with van der Waals surface area (Å²) in [6, 6.07) is 10.5. The minimum atomic E-state index is -4.00. The summed E-state index contributed by atoms with van der Waals surface area (Å²) >= 11 is 0. The molecular weight excluding hydrogens is 477 g/mol. The fraction of sp³-hybridized carbons (Fsp3) is 0.409. The molecule has 0 spiro atoms. The second kappa shape index (κ2) is 8.96. The Morgan fingerprint density at radius 1 is 1.40 bits per heavy atom. The number of nitriles is 1. The van der Waals surface area contributed by atoms with Crippen molar-refractivity contribution in [3.8, 4) is 6.07 Å². The lowest BCUT2D eigenvalue weighted by atomic mass is 9.96. The number of hydrogen-bond acceptors (Lipinski definition) is 11. The summed E-state index contributed by atoms with van der Waals surface area (Å²) in [6.45, 7) is 1.17. The molecule has 0 unspecified atom stereocenters. The minimum absolute atomic E-state index is 0.115. The molecule has 0 amide bonds. The van der Waals surface area contributed by atoms with E-state index in [-0.39, 0.29) is 19.0 Å². The van der Waals surface area contributed by atoms with E-state index in [0.29, 0.717) is 28.6 Å². The second-order valence-electron chi connectivity index (χ2n) is 8.61. The summed E-state index contributed by atoms with van der Waals surface area (Å²) in [5.74, 6) is 0.270. The Labute approximate surface area is 200 Å². The van der Waals surface area contributed by atoms with Gasteiger partial charge in [-0.15, -0.1) is 0 Å². The summed E-state index contributed by atoms with van der Waals surface area (Å²) in [5, 5.41) is 31.5. The van der Waals surface area contributed by atoms with Crippen LogP contribution in [0.4, 0.5) is 5.82 Å². The van der Waals surface area contributed by atoms with Gasteiger partial charge in [0.1, 0.15) is 35.6 Å². The van der Waals surface area contributed by atoms with Crippen LogP contribution >= 0.6 is 7.82 Å². The molecule has 6 atom stereocenters. The third-order valence-electron chi connectivity index (χ3n) is 6.22. The van der Waals surface area contributed by atoms with Gasteiger partial charge in [0.05, 0.1) is 36.3 Å². The Kier molecular flexibility index (Phi) is 6.11. The molecule has 1 aromatic carbocycles. The number of nitrogen functional groups attached to an aromatic ring is 1. The number of benzene rings is 1. The number of ether oxygens (including phenoxy) is 1. The first-order valence-corrected chi connectivity index (χ1v) is 12.4. The van der Waals surface area contributed by atoms with Gasteiger partial charge in [-0.2, -0.15) is 5.26 Å². The van der Waals surface area contributed by atoms with Crippen molar-refractivity contribution in [2.45, 2.75) is 43.5 Å². The van der Waals surface area contributed by atoms with Gasteiger partial charge in [0.2, 0.25) is 0 Å². The van der Waals surface area contributed by atoms with Gasteiger partial charge in [-0.3, -0.25) is 13.6 Å². The van der Waals surface area contributed by atoms with Crippen LogP contribution in [0.1, 0.15) is 36.8 Å². The maximum atomic E-state index is 13.2. The predicted octanol–water partition coefficient (Wildman–Crippen LogP) is 2.20. The number of rotatable bonds is 5. The van der Waals surface area contributed by atoms with Crippen LogP contribution in [0.15, 0.2) is 42.9 Å². The van der Waals surface area contributed by atoms with E-state index in [1.807, 2.05) is 0 Å². The van der Waals surface area contributed by atoms with Gasteiger partial charge in [0, 0.05) is 12.6 Å². The molecule has 12 nitrogen and oxygen atoms in total. The normalized spacial score (nSPS) is 33.1. The van der Waals surface area contributed by atoms with Crippen molar-refractivity contribution < 1.29 is 33.1 Å². The van der Waals surface area contributed by atoms with E-state index in [1.54, 1.807) is 41.1 Å². The average Bonchev–Trinajstić information content (AvgIpc) is 3.37. The maximum Gasteiger partial charge on any atom is 0.475 e. The third kappa shape index (κ3) is 4.32. The van der Waals surface area contributed by atoms with Gasteiger partial charge in [0.25, 0.3) is 0 Å². The van der Waals surface area contributed by atoms with Crippen molar-refractivity contribution in [1.82, 2.24) is 14.5 Å². The summed E-state index contributed by atoms with van der Waals surface area (Å²) in [7, 11) is -4.00. The molecule has 2 fully saturated rings. The second-order valence-corrected chi connectivity index (χ2v) is 10.2. The first-order valence-electron chi connectivity index (χ1n) is 10.9. The highest BCUT2D eigenvalue weighted by Gasteiger charge is 2.54. The Morgan fingerprint density at radius 2 is 2.23 bits per heavy atom. The third-order valence-corrected chi connectivity index (χ3v) is 7.69. The maximum absolute atomic E-state index is 13.2. The van der Waals surface area contributed by atoms with Crippen molar-refractivity contribution in [3.63, 3.8) is 0 Å². The molecule has 4 heterocycles. The zero-order chi connectivity index (χ0) is 24.8. The molecule has 3 aromatic rings. The van der Waals surface area contributed by atoms with Crippen LogP contribution in [0.5, 0.6) is 0 Å². The average molecular weight is 501 g/mol. The van der Waals surface area contributed by atoms with Crippen molar-refractivity contribution in [2.24, 2.45) is 0 Å².